The van der Waals surface area contributed by atoms with E-state index >= 15 is 0 Å². The molecule has 0 atom stereocenters. The summed E-state index contributed by atoms with van der Waals surface area (Å²) in [7, 11) is 0. The standard InChI is InChI=1S/C11H16S.C2H6/c1-3-10-8(2)9-6-4-5-7-11(9)12-10;1-2/h3-7H2,1-2H3;1-2H3. The van der Waals surface area contributed by atoms with Crippen LogP contribution in [0.5, 0.6) is 0 Å². The zero-order chi connectivity index (χ0) is 10.6. The molecule has 0 saturated heterocycles. The van der Waals surface area contributed by atoms with Gasteiger partial charge >= 0.3 is 0 Å². The summed E-state index contributed by atoms with van der Waals surface area (Å²) in [5.41, 5.74) is 3.31. The van der Waals surface area contributed by atoms with Crippen LogP contribution in [0.15, 0.2) is 0 Å². The first-order valence-electron chi connectivity index (χ1n) is 5.93. The third kappa shape index (κ3) is 2.20. The second-order valence-corrected chi connectivity index (χ2v) is 4.80. The normalized spacial score (nSPS) is 14.3. The van der Waals surface area contributed by atoms with E-state index in [9.17, 15) is 0 Å². The second kappa shape index (κ2) is 5.55. The minimum absolute atomic E-state index is 1.23. The summed E-state index contributed by atoms with van der Waals surface area (Å²) in [4.78, 5) is 3.32. The molecule has 0 saturated carbocycles. The number of hydrogen-bond donors (Lipinski definition) is 0. The fourth-order valence-corrected chi connectivity index (χ4v) is 3.46. The van der Waals surface area contributed by atoms with Gasteiger partial charge < -0.3 is 0 Å². The zero-order valence-electron chi connectivity index (χ0n) is 9.94. The van der Waals surface area contributed by atoms with Crippen molar-refractivity contribution in [3.8, 4) is 0 Å². The summed E-state index contributed by atoms with van der Waals surface area (Å²) in [6.07, 6.45) is 6.74. The quantitative estimate of drug-likeness (QED) is 0.639. The lowest BCUT2D eigenvalue weighted by Gasteiger charge is -2.10. The summed E-state index contributed by atoms with van der Waals surface area (Å²) in [5.74, 6) is 0. The van der Waals surface area contributed by atoms with Crippen molar-refractivity contribution in [3.05, 3.63) is 20.9 Å². The molecule has 0 spiro atoms. The summed E-state index contributed by atoms with van der Waals surface area (Å²) < 4.78 is 0. The molecular formula is C13H22S. The summed E-state index contributed by atoms with van der Waals surface area (Å²) in [6.45, 7) is 8.57. The molecule has 1 aliphatic rings. The van der Waals surface area contributed by atoms with Crippen LogP contribution < -0.4 is 0 Å². The Hall–Kier alpha value is -0.300. The van der Waals surface area contributed by atoms with Gasteiger partial charge in [-0.3, -0.25) is 0 Å². The molecule has 0 aliphatic heterocycles. The largest absolute Gasteiger partial charge is 0.145 e. The van der Waals surface area contributed by atoms with Crippen molar-refractivity contribution >= 4 is 11.3 Å². The number of hydrogen-bond acceptors (Lipinski definition) is 1. The van der Waals surface area contributed by atoms with Crippen molar-refractivity contribution in [1.29, 1.82) is 0 Å². The third-order valence-corrected chi connectivity index (χ3v) is 4.39. The molecular weight excluding hydrogens is 188 g/mol. The zero-order valence-corrected chi connectivity index (χ0v) is 10.8. The Bertz CT molecular complexity index is 284. The lowest BCUT2D eigenvalue weighted by molar-refractivity contribution is 0.694. The van der Waals surface area contributed by atoms with E-state index in [1.165, 1.54) is 32.1 Å². The van der Waals surface area contributed by atoms with Crippen molar-refractivity contribution in [3.63, 3.8) is 0 Å². The van der Waals surface area contributed by atoms with Crippen LogP contribution in [0.4, 0.5) is 0 Å². The molecule has 0 radical (unpaired) electrons. The van der Waals surface area contributed by atoms with Crippen LogP contribution in [0.1, 0.15) is 54.5 Å². The molecule has 1 heteroatoms. The highest BCUT2D eigenvalue weighted by Gasteiger charge is 2.16. The third-order valence-electron chi connectivity index (χ3n) is 2.86. The smallest absolute Gasteiger partial charge is 0.00829 e. The van der Waals surface area contributed by atoms with Gasteiger partial charge in [0.2, 0.25) is 0 Å². The minimum atomic E-state index is 1.23. The average molecular weight is 210 g/mol. The van der Waals surface area contributed by atoms with E-state index in [1.54, 1.807) is 20.9 Å². The van der Waals surface area contributed by atoms with Gasteiger partial charge in [-0.2, -0.15) is 0 Å². The Morgan fingerprint density at radius 2 is 1.79 bits per heavy atom. The highest BCUT2D eigenvalue weighted by molar-refractivity contribution is 7.12. The SMILES string of the molecule is CC.CCc1sc2c(c1C)CCCC2. The number of aryl methyl sites for hydroxylation is 2. The molecule has 0 nitrogen and oxygen atoms in total. The van der Waals surface area contributed by atoms with E-state index in [1.807, 2.05) is 13.8 Å². The maximum atomic E-state index is 2.31. The molecule has 0 aromatic carbocycles. The molecule has 1 aromatic rings. The highest BCUT2D eigenvalue weighted by Crippen LogP contribution is 2.33. The molecule has 0 amide bonds. The van der Waals surface area contributed by atoms with E-state index < -0.39 is 0 Å². The van der Waals surface area contributed by atoms with E-state index in [2.05, 4.69) is 25.2 Å². The Labute approximate surface area is 92.4 Å². The molecule has 14 heavy (non-hydrogen) atoms. The van der Waals surface area contributed by atoms with Crippen molar-refractivity contribution in [2.75, 3.05) is 0 Å². The van der Waals surface area contributed by atoms with Gasteiger partial charge in [0.25, 0.3) is 0 Å². The van der Waals surface area contributed by atoms with Crippen LogP contribution >= 0.6 is 11.3 Å². The van der Waals surface area contributed by atoms with Crippen LogP contribution in [0.25, 0.3) is 0 Å². The highest BCUT2D eigenvalue weighted by atomic mass is 32.1. The minimum Gasteiger partial charge on any atom is -0.145 e. The maximum Gasteiger partial charge on any atom is 0.00829 e. The van der Waals surface area contributed by atoms with Crippen molar-refractivity contribution in [1.82, 2.24) is 0 Å². The predicted molar refractivity (Wildman–Crippen MR) is 66.4 cm³/mol. The van der Waals surface area contributed by atoms with E-state index in [-0.39, 0.29) is 0 Å². The monoisotopic (exact) mass is 210 g/mol. The van der Waals surface area contributed by atoms with Gasteiger partial charge in [-0.1, -0.05) is 20.8 Å². The first-order valence-corrected chi connectivity index (χ1v) is 6.74. The molecule has 0 bridgehead atoms. The van der Waals surface area contributed by atoms with E-state index in [0.717, 1.165) is 0 Å². The van der Waals surface area contributed by atoms with Crippen molar-refractivity contribution in [2.24, 2.45) is 0 Å². The van der Waals surface area contributed by atoms with Crippen LogP contribution in [0, 0.1) is 6.92 Å². The molecule has 0 fully saturated rings. The Kier molecular flexibility index (Phi) is 4.67. The lowest BCUT2D eigenvalue weighted by atomic mass is 9.95. The van der Waals surface area contributed by atoms with Gasteiger partial charge in [0, 0.05) is 9.75 Å². The topological polar surface area (TPSA) is 0 Å². The van der Waals surface area contributed by atoms with Gasteiger partial charge in [-0.05, 0) is 50.2 Å². The van der Waals surface area contributed by atoms with Gasteiger partial charge in [0.15, 0.2) is 0 Å². The molecule has 1 aliphatic carbocycles. The lowest BCUT2D eigenvalue weighted by Crippen LogP contribution is -1.99. The van der Waals surface area contributed by atoms with Gasteiger partial charge in [0.1, 0.15) is 0 Å². The molecule has 0 N–H and O–H groups in total. The molecule has 2 rings (SSSR count). The van der Waals surface area contributed by atoms with Crippen LogP contribution in [-0.2, 0) is 19.3 Å². The van der Waals surface area contributed by atoms with Gasteiger partial charge in [0.05, 0.1) is 0 Å². The van der Waals surface area contributed by atoms with E-state index in [0.29, 0.717) is 0 Å². The van der Waals surface area contributed by atoms with Crippen molar-refractivity contribution in [2.45, 2.75) is 59.8 Å². The van der Waals surface area contributed by atoms with Gasteiger partial charge in [-0.15, -0.1) is 11.3 Å². The Balaban J connectivity index is 0.000000461. The molecule has 80 valence electrons. The maximum absolute atomic E-state index is 2.31. The Morgan fingerprint density at radius 3 is 2.36 bits per heavy atom. The molecule has 1 heterocycles. The van der Waals surface area contributed by atoms with Crippen LogP contribution in [0.3, 0.4) is 0 Å². The fourth-order valence-electron chi connectivity index (χ4n) is 2.12. The molecule has 0 unspecified atom stereocenters. The number of fused-ring (bicyclic) bond motifs is 1. The van der Waals surface area contributed by atoms with Crippen LogP contribution in [-0.4, -0.2) is 0 Å². The van der Waals surface area contributed by atoms with Gasteiger partial charge in [-0.25, -0.2) is 0 Å². The first kappa shape index (κ1) is 11.8. The summed E-state index contributed by atoms with van der Waals surface area (Å²) in [5, 5.41) is 0. The van der Waals surface area contributed by atoms with E-state index in [4.69, 9.17) is 0 Å². The predicted octanol–water partition coefficient (Wildman–Crippen LogP) is 4.52. The average Bonchev–Trinajstić information content (AvgIpc) is 2.59. The number of thiophene rings is 1. The first-order chi connectivity index (χ1) is 6.83. The Morgan fingerprint density at radius 1 is 1.14 bits per heavy atom. The summed E-state index contributed by atoms with van der Waals surface area (Å²) >= 11 is 2.06. The van der Waals surface area contributed by atoms with Crippen molar-refractivity contribution < 1.29 is 0 Å². The number of rotatable bonds is 1. The second-order valence-electron chi connectivity index (χ2n) is 3.61. The van der Waals surface area contributed by atoms with Crippen LogP contribution in [0.2, 0.25) is 0 Å². The molecule has 1 aromatic heterocycles. The summed E-state index contributed by atoms with van der Waals surface area (Å²) in [6, 6.07) is 0. The fraction of sp³-hybridized carbons (Fsp3) is 0.692.